The maximum absolute atomic E-state index is 12.7. The molecule has 8 heteroatoms. The van der Waals surface area contributed by atoms with Crippen molar-refractivity contribution < 1.29 is 23.9 Å². The summed E-state index contributed by atoms with van der Waals surface area (Å²) in [5, 5.41) is 2.67. The molecule has 0 radical (unpaired) electrons. The van der Waals surface area contributed by atoms with Gasteiger partial charge in [0.15, 0.2) is 0 Å². The first-order valence-corrected chi connectivity index (χ1v) is 10.4. The van der Waals surface area contributed by atoms with Crippen molar-refractivity contribution in [1.29, 1.82) is 0 Å². The number of nitrogens with zero attached hydrogens (tertiary/aromatic N) is 2. The molecule has 2 amide bonds. The van der Waals surface area contributed by atoms with Gasteiger partial charge < -0.3 is 24.3 Å². The summed E-state index contributed by atoms with van der Waals surface area (Å²) in [6.45, 7) is 8.11. The molecule has 2 heterocycles. The van der Waals surface area contributed by atoms with Gasteiger partial charge in [-0.05, 0) is 70.0 Å². The van der Waals surface area contributed by atoms with Crippen LogP contribution in [0.1, 0.15) is 57.1 Å². The third kappa shape index (κ3) is 6.10. The van der Waals surface area contributed by atoms with Gasteiger partial charge in [0, 0.05) is 37.9 Å². The number of nitrogens with one attached hydrogen (secondary N) is 1. The Morgan fingerprint density at radius 1 is 1.03 bits per heavy atom. The number of hydrogen-bond donors (Lipinski definition) is 1. The molecular formula is C23H29N3O5. The van der Waals surface area contributed by atoms with Gasteiger partial charge >= 0.3 is 12.1 Å². The Hall–Kier alpha value is -3.29. The van der Waals surface area contributed by atoms with Crippen LogP contribution in [0.5, 0.6) is 5.75 Å². The topological polar surface area (TPSA) is 89.9 Å². The summed E-state index contributed by atoms with van der Waals surface area (Å²) < 4.78 is 12.9. The minimum atomic E-state index is -0.522. The largest absolute Gasteiger partial charge is 0.444 e. The minimum absolute atomic E-state index is 0.0957. The highest BCUT2D eigenvalue weighted by Crippen LogP contribution is 2.26. The Morgan fingerprint density at radius 2 is 1.68 bits per heavy atom. The molecule has 0 atom stereocenters. The van der Waals surface area contributed by atoms with Crippen LogP contribution in [0.25, 0.3) is 0 Å². The average Bonchev–Trinajstić information content (AvgIpc) is 3.18. The van der Waals surface area contributed by atoms with E-state index in [1.54, 1.807) is 35.2 Å². The zero-order valence-corrected chi connectivity index (χ0v) is 18.4. The van der Waals surface area contributed by atoms with Crippen LogP contribution < -0.4 is 10.1 Å². The monoisotopic (exact) mass is 427 g/mol. The number of aromatic nitrogens is 1. The van der Waals surface area contributed by atoms with Gasteiger partial charge in [-0.1, -0.05) is 0 Å². The van der Waals surface area contributed by atoms with E-state index in [0.717, 1.165) is 12.8 Å². The zero-order valence-electron chi connectivity index (χ0n) is 18.4. The normalized spacial score (nSPS) is 14.8. The van der Waals surface area contributed by atoms with Crippen LogP contribution in [0.3, 0.4) is 0 Å². The van der Waals surface area contributed by atoms with Gasteiger partial charge in [0.1, 0.15) is 17.0 Å². The van der Waals surface area contributed by atoms with Crippen LogP contribution in [0.15, 0.2) is 42.6 Å². The van der Waals surface area contributed by atoms with Gasteiger partial charge in [-0.2, -0.15) is 0 Å². The average molecular weight is 428 g/mol. The molecule has 3 rings (SSSR count). The SMILES string of the molecule is CC(=O)Nc1ccc(OC(=O)c2cccn2C2CCN(C(=O)OC(C)(C)C)CC2)cc1. The predicted octanol–water partition coefficient (Wildman–Crippen LogP) is 4.24. The van der Waals surface area contributed by atoms with Gasteiger partial charge in [-0.3, -0.25) is 4.79 Å². The van der Waals surface area contributed by atoms with Crippen molar-refractivity contribution in [1.82, 2.24) is 9.47 Å². The number of carbonyl (C=O) groups is 3. The van der Waals surface area contributed by atoms with Crippen molar-refractivity contribution in [2.24, 2.45) is 0 Å². The van der Waals surface area contributed by atoms with Gasteiger partial charge in [-0.15, -0.1) is 0 Å². The molecule has 31 heavy (non-hydrogen) atoms. The van der Waals surface area contributed by atoms with E-state index in [1.807, 2.05) is 37.6 Å². The molecule has 0 aliphatic carbocycles. The maximum atomic E-state index is 12.7. The van der Waals surface area contributed by atoms with E-state index >= 15 is 0 Å². The highest BCUT2D eigenvalue weighted by atomic mass is 16.6. The summed E-state index contributed by atoms with van der Waals surface area (Å²) in [5.74, 6) is -0.223. The number of hydrogen-bond acceptors (Lipinski definition) is 5. The fourth-order valence-corrected chi connectivity index (χ4v) is 3.51. The summed E-state index contributed by atoms with van der Waals surface area (Å²) in [7, 11) is 0. The fourth-order valence-electron chi connectivity index (χ4n) is 3.51. The molecule has 166 valence electrons. The van der Waals surface area contributed by atoms with Gasteiger partial charge in [-0.25, -0.2) is 9.59 Å². The summed E-state index contributed by atoms with van der Waals surface area (Å²) in [6, 6.07) is 10.3. The summed E-state index contributed by atoms with van der Waals surface area (Å²) in [4.78, 5) is 37.8. The number of ether oxygens (including phenoxy) is 2. The lowest BCUT2D eigenvalue weighted by molar-refractivity contribution is -0.114. The predicted molar refractivity (Wildman–Crippen MR) is 116 cm³/mol. The molecule has 1 saturated heterocycles. The Balaban J connectivity index is 1.60. The van der Waals surface area contributed by atoms with Crippen molar-refractivity contribution >= 4 is 23.7 Å². The van der Waals surface area contributed by atoms with Crippen LogP contribution in [0, 0.1) is 0 Å². The molecule has 0 saturated carbocycles. The summed E-state index contributed by atoms with van der Waals surface area (Å²) in [5.41, 5.74) is 0.570. The third-order valence-electron chi connectivity index (χ3n) is 4.88. The van der Waals surface area contributed by atoms with Crippen molar-refractivity contribution in [3.05, 3.63) is 48.3 Å². The van der Waals surface area contributed by atoms with Crippen LogP contribution in [-0.2, 0) is 9.53 Å². The second kappa shape index (κ2) is 9.24. The van der Waals surface area contributed by atoms with Crippen LogP contribution in [0.2, 0.25) is 0 Å². The van der Waals surface area contributed by atoms with Crippen LogP contribution in [-0.4, -0.2) is 46.1 Å². The van der Waals surface area contributed by atoms with E-state index in [-0.39, 0.29) is 18.0 Å². The smallest absolute Gasteiger partial charge is 0.410 e. The second-order valence-electron chi connectivity index (χ2n) is 8.59. The molecule has 1 N–H and O–H groups in total. The van der Waals surface area contributed by atoms with Crippen molar-refractivity contribution in [2.45, 2.75) is 52.2 Å². The molecule has 0 unspecified atom stereocenters. The summed E-state index contributed by atoms with van der Waals surface area (Å²) in [6.07, 6.45) is 3.00. The molecular weight excluding hydrogens is 398 g/mol. The van der Waals surface area contributed by atoms with E-state index in [1.165, 1.54) is 6.92 Å². The quantitative estimate of drug-likeness (QED) is 0.582. The van der Waals surface area contributed by atoms with Crippen LogP contribution >= 0.6 is 0 Å². The minimum Gasteiger partial charge on any atom is -0.444 e. The molecule has 0 bridgehead atoms. The van der Waals surface area contributed by atoms with E-state index < -0.39 is 11.6 Å². The number of amides is 2. The summed E-state index contributed by atoms with van der Waals surface area (Å²) >= 11 is 0. The maximum Gasteiger partial charge on any atom is 0.410 e. The van der Waals surface area contributed by atoms with E-state index in [2.05, 4.69) is 5.32 Å². The number of carbonyl (C=O) groups excluding carboxylic acids is 3. The van der Waals surface area contributed by atoms with Crippen molar-refractivity contribution in [3.63, 3.8) is 0 Å². The number of esters is 1. The van der Waals surface area contributed by atoms with Crippen LogP contribution in [0.4, 0.5) is 10.5 Å². The molecule has 1 aromatic heterocycles. The lowest BCUT2D eigenvalue weighted by Crippen LogP contribution is -2.42. The van der Waals surface area contributed by atoms with E-state index in [9.17, 15) is 14.4 Å². The number of piperidine rings is 1. The lowest BCUT2D eigenvalue weighted by atomic mass is 10.0. The molecule has 8 nitrogen and oxygen atoms in total. The zero-order chi connectivity index (χ0) is 22.6. The molecule has 1 fully saturated rings. The fraction of sp³-hybridized carbons (Fsp3) is 0.435. The highest BCUT2D eigenvalue weighted by molar-refractivity contribution is 5.90. The van der Waals surface area contributed by atoms with Gasteiger partial charge in [0.05, 0.1) is 0 Å². The molecule has 2 aromatic rings. The Kier molecular flexibility index (Phi) is 6.68. The number of likely N-dealkylation sites (tertiary alicyclic amines) is 1. The van der Waals surface area contributed by atoms with Gasteiger partial charge in [0.25, 0.3) is 0 Å². The molecule has 1 aliphatic heterocycles. The Labute approximate surface area is 182 Å². The highest BCUT2D eigenvalue weighted by Gasteiger charge is 2.29. The first kappa shape index (κ1) is 22.4. The second-order valence-corrected chi connectivity index (χ2v) is 8.59. The molecule has 0 spiro atoms. The Bertz CT molecular complexity index is 935. The van der Waals surface area contributed by atoms with Crippen molar-refractivity contribution in [2.75, 3.05) is 18.4 Å². The first-order chi connectivity index (χ1) is 14.6. The van der Waals surface area contributed by atoms with Gasteiger partial charge in [0.2, 0.25) is 5.91 Å². The Morgan fingerprint density at radius 3 is 2.26 bits per heavy atom. The standard InChI is InChI=1S/C23H29N3O5/c1-16(27)24-17-7-9-19(10-8-17)30-21(28)20-6-5-13-26(20)18-11-14-25(15-12-18)22(29)31-23(2,3)4/h5-10,13,18H,11-12,14-15H2,1-4H3,(H,24,27). The number of rotatable bonds is 4. The number of anilines is 1. The molecule has 1 aromatic carbocycles. The third-order valence-corrected chi connectivity index (χ3v) is 4.88. The van der Waals surface area contributed by atoms with Crippen molar-refractivity contribution in [3.8, 4) is 5.75 Å². The lowest BCUT2D eigenvalue weighted by Gasteiger charge is -2.34. The number of benzene rings is 1. The van der Waals surface area contributed by atoms with E-state index in [0.29, 0.717) is 30.2 Å². The molecule has 1 aliphatic rings. The first-order valence-electron chi connectivity index (χ1n) is 10.4. The van der Waals surface area contributed by atoms with E-state index in [4.69, 9.17) is 9.47 Å².